The van der Waals surface area contributed by atoms with Gasteiger partial charge in [0.05, 0.1) is 25.5 Å². The van der Waals surface area contributed by atoms with E-state index >= 15 is 0 Å². The number of carbonyl (C=O) groups is 2. The number of esters is 1. The van der Waals surface area contributed by atoms with E-state index in [0.29, 0.717) is 5.02 Å². The van der Waals surface area contributed by atoms with E-state index in [4.69, 9.17) is 11.6 Å². The maximum absolute atomic E-state index is 11.4. The first-order valence-corrected chi connectivity index (χ1v) is 4.69. The van der Waals surface area contributed by atoms with Crippen molar-refractivity contribution in [1.82, 2.24) is 0 Å². The zero-order valence-corrected chi connectivity index (χ0v) is 9.50. The van der Waals surface area contributed by atoms with E-state index in [-0.39, 0.29) is 11.3 Å². The molecule has 0 aliphatic heterocycles. The van der Waals surface area contributed by atoms with Crippen LogP contribution in [0.3, 0.4) is 0 Å². The van der Waals surface area contributed by atoms with E-state index in [1.165, 1.54) is 26.4 Å². The summed E-state index contributed by atoms with van der Waals surface area (Å²) < 4.78 is 8.98. The van der Waals surface area contributed by atoms with Crippen molar-refractivity contribution in [3.8, 4) is 0 Å². The van der Waals surface area contributed by atoms with Crippen LogP contribution in [-0.4, -0.2) is 26.3 Å². The molecule has 0 spiro atoms. The summed E-state index contributed by atoms with van der Waals surface area (Å²) in [4.78, 5) is 22.4. The summed E-state index contributed by atoms with van der Waals surface area (Å²) >= 11 is 5.74. The highest BCUT2D eigenvalue weighted by atomic mass is 35.5. The molecule has 0 radical (unpaired) electrons. The second-order valence-electron chi connectivity index (χ2n) is 2.80. The molecule has 0 bridgehead atoms. The van der Waals surface area contributed by atoms with Gasteiger partial charge in [-0.1, -0.05) is 11.6 Å². The number of rotatable bonds is 2. The highest BCUT2D eigenvalue weighted by Crippen LogP contribution is 2.21. The molecule has 86 valence electrons. The Kier molecular flexibility index (Phi) is 4.13. The molecular formula is C10H10ClNO4. The molecule has 1 aromatic rings. The van der Waals surface area contributed by atoms with Gasteiger partial charge in [0.15, 0.2) is 0 Å². The molecule has 6 heteroatoms. The average Bonchev–Trinajstić information content (AvgIpc) is 2.30. The van der Waals surface area contributed by atoms with Crippen molar-refractivity contribution in [3.63, 3.8) is 0 Å². The molecular weight excluding hydrogens is 234 g/mol. The fraction of sp³-hybridized carbons (Fsp3) is 0.200. The van der Waals surface area contributed by atoms with E-state index in [1.54, 1.807) is 6.07 Å². The fourth-order valence-corrected chi connectivity index (χ4v) is 1.24. The predicted molar refractivity (Wildman–Crippen MR) is 58.8 cm³/mol. The summed E-state index contributed by atoms with van der Waals surface area (Å²) in [6, 6.07) is 4.43. The lowest BCUT2D eigenvalue weighted by Crippen LogP contribution is -2.14. The molecule has 0 atom stereocenters. The van der Waals surface area contributed by atoms with Crippen molar-refractivity contribution in [2.24, 2.45) is 0 Å². The van der Waals surface area contributed by atoms with Crippen molar-refractivity contribution in [1.29, 1.82) is 0 Å². The zero-order chi connectivity index (χ0) is 12.1. The fourth-order valence-electron chi connectivity index (χ4n) is 1.07. The largest absolute Gasteiger partial charge is 0.465 e. The smallest absolute Gasteiger partial charge is 0.411 e. The zero-order valence-electron chi connectivity index (χ0n) is 8.74. The molecule has 1 amide bonds. The Labute approximate surface area is 97.3 Å². The molecule has 1 rings (SSSR count). The van der Waals surface area contributed by atoms with Crippen molar-refractivity contribution in [3.05, 3.63) is 28.8 Å². The van der Waals surface area contributed by atoms with Gasteiger partial charge in [-0.3, -0.25) is 5.32 Å². The summed E-state index contributed by atoms with van der Waals surface area (Å²) in [6.07, 6.45) is -0.674. The van der Waals surface area contributed by atoms with Crippen LogP contribution in [0.1, 0.15) is 10.4 Å². The van der Waals surface area contributed by atoms with E-state index in [0.717, 1.165) is 0 Å². The minimum atomic E-state index is -0.674. The topological polar surface area (TPSA) is 64.6 Å². The van der Waals surface area contributed by atoms with Crippen LogP contribution in [0.4, 0.5) is 10.5 Å². The molecule has 0 aliphatic rings. The maximum Gasteiger partial charge on any atom is 0.411 e. The minimum absolute atomic E-state index is 0.167. The molecule has 0 saturated heterocycles. The number of methoxy groups -OCH3 is 2. The first-order valence-electron chi connectivity index (χ1n) is 4.31. The van der Waals surface area contributed by atoms with Gasteiger partial charge in [-0.25, -0.2) is 9.59 Å². The Bertz CT molecular complexity index is 419. The number of carbonyl (C=O) groups excluding carboxylic acids is 2. The molecule has 5 nitrogen and oxygen atoms in total. The second-order valence-corrected chi connectivity index (χ2v) is 3.23. The van der Waals surface area contributed by atoms with Gasteiger partial charge in [0.25, 0.3) is 0 Å². The molecule has 1 N–H and O–H groups in total. The van der Waals surface area contributed by atoms with Crippen molar-refractivity contribution in [2.45, 2.75) is 0 Å². The van der Waals surface area contributed by atoms with Gasteiger partial charge in [0.2, 0.25) is 0 Å². The van der Waals surface area contributed by atoms with Crippen LogP contribution in [0.2, 0.25) is 5.02 Å². The van der Waals surface area contributed by atoms with Gasteiger partial charge in [0, 0.05) is 5.02 Å². The number of benzene rings is 1. The lowest BCUT2D eigenvalue weighted by atomic mass is 10.2. The minimum Gasteiger partial charge on any atom is -0.465 e. The normalized spacial score (nSPS) is 9.44. The van der Waals surface area contributed by atoms with Crippen molar-refractivity contribution in [2.75, 3.05) is 19.5 Å². The van der Waals surface area contributed by atoms with Crippen LogP contribution in [0.5, 0.6) is 0 Å². The van der Waals surface area contributed by atoms with Crippen LogP contribution < -0.4 is 5.32 Å². The maximum atomic E-state index is 11.4. The van der Waals surface area contributed by atoms with Crippen molar-refractivity contribution < 1.29 is 19.1 Å². The number of amides is 1. The van der Waals surface area contributed by atoms with Crippen LogP contribution in [0.25, 0.3) is 0 Å². The summed E-state index contributed by atoms with van der Waals surface area (Å²) in [5, 5.41) is 2.75. The Hall–Kier alpha value is -1.75. The van der Waals surface area contributed by atoms with E-state index in [9.17, 15) is 9.59 Å². The van der Waals surface area contributed by atoms with Gasteiger partial charge in [-0.2, -0.15) is 0 Å². The summed E-state index contributed by atoms with van der Waals surface area (Å²) in [6.45, 7) is 0. The predicted octanol–water partition coefficient (Wildman–Crippen LogP) is 2.30. The van der Waals surface area contributed by atoms with E-state index in [2.05, 4.69) is 14.8 Å². The quantitative estimate of drug-likeness (QED) is 0.810. The Balaban J connectivity index is 3.07. The number of hydrogen-bond acceptors (Lipinski definition) is 4. The highest BCUT2D eigenvalue weighted by molar-refractivity contribution is 6.31. The molecule has 0 heterocycles. The lowest BCUT2D eigenvalue weighted by Gasteiger charge is -2.08. The third kappa shape index (κ3) is 2.87. The van der Waals surface area contributed by atoms with Gasteiger partial charge in [-0.15, -0.1) is 0 Å². The van der Waals surface area contributed by atoms with Gasteiger partial charge in [-0.05, 0) is 18.2 Å². The Morgan fingerprint density at radius 2 is 1.94 bits per heavy atom. The molecule has 0 unspecified atom stereocenters. The monoisotopic (exact) mass is 243 g/mol. The first-order chi connectivity index (χ1) is 7.58. The summed E-state index contributed by atoms with van der Waals surface area (Å²) in [5.74, 6) is -0.589. The van der Waals surface area contributed by atoms with Crippen LogP contribution in [0.15, 0.2) is 18.2 Å². The molecule has 16 heavy (non-hydrogen) atoms. The van der Waals surface area contributed by atoms with E-state index in [1.807, 2.05) is 0 Å². The highest BCUT2D eigenvalue weighted by Gasteiger charge is 2.14. The standard InChI is InChI=1S/C10H10ClNO4/c1-15-9(13)7-5-6(11)3-4-8(7)12-10(14)16-2/h3-5H,1-2H3,(H,12,14). The molecule has 1 aromatic carbocycles. The number of halogens is 1. The Morgan fingerprint density at radius 1 is 1.25 bits per heavy atom. The molecule has 0 aromatic heterocycles. The number of hydrogen-bond donors (Lipinski definition) is 1. The third-order valence-corrected chi connectivity index (χ3v) is 2.04. The van der Waals surface area contributed by atoms with Gasteiger partial charge in [0.1, 0.15) is 0 Å². The molecule has 0 aliphatic carbocycles. The van der Waals surface area contributed by atoms with Gasteiger partial charge < -0.3 is 9.47 Å². The number of nitrogens with one attached hydrogen (secondary N) is 1. The van der Waals surface area contributed by atoms with Crippen molar-refractivity contribution >= 4 is 29.4 Å². The Morgan fingerprint density at radius 3 is 2.50 bits per heavy atom. The number of anilines is 1. The van der Waals surface area contributed by atoms with Crippen LogP contribution >= 0.6 is 11.6 Å². The summed E-state index contributed by atoms with van der Waals surface area (Å²) in [7, 11) is 2.47. The third-order valence-electron chi connectivity index (χ3n) is 1.81. The van der Waals surface area contributed by atoms with Gasteiger partial charge >= 0.3 is 12.1 Å². The van der Waals surface area contributed by atoms with Crippen LogP contribution in [0, 0.1) is 0 Å². The lowest BCUT2D eigenvalue weighted by molar-refractivity contribution is 0.0602. The number of ether oxygens (including phenoxy) is 2. The second kappa shape index (κ2) is 5.37. The summed E-state index contributed by atoms with van der Waals surface area (Å²) in [5.41, 5.74) is 0.448. The molecule has 0 fully saturated rings. The van der Waals surface area contributed by atoms with E-state index < -0.39 is 12.1 Å². The van der Waals surface area contributed by atoms with Crippen LogP contribution in [-0.2, 0) is 9.47 Å². The first kappa shape index (κ1) is 12.3. The average molecular weight is 244 g/mol. The SMILES string of the molecule is COC(=O)Nc1ccc(Cl)cc1C(=O)OC. The molecule has 0 saturated carbocycles.